The number of nitrogens with one attached hydrogen (secondary N) is 2. The smallest absolute Gasteiger partial charge is 0.228 e. The van der Waals surface area contributed by atoms with Crippen LogP contribution in [0.3, 0.4) is 0 Å². The Morgan fingerprint density at radius 3 is 2.15 bits per heavy atom. The summed E-state index contributed by atoms with van der Waals surface area (Å²) in [5, 5.41) is 5.78. The molecule has 108 valence electrons. The number of aryl methyl sites for hydroxylation is 1. The van der Waals surface area contributed by atoms with Crippen molar-refractivity contribution in [3.8, 4) is 0 Å². The second-order valence-corrected chi connectivity index (χ2v) is 6.54. The van der Waals surface area contributed by atoms with Crippen molar-refractivity contribution in [2.24, 2.45) is 11.8 Å². The predicted octanol–water partition coefficient (Wildman–Crippen LogP) is 2.48. The van der Waals surface area contributed by atoms with Crippen LogP contribution in [0.4, 0.5) is 5.69 Å². The van der Waals surface area contributed by atoms with Gasteiger partial charge in [0.25, 0.3) is 0 Å². The molecule has 2 atom stereocenters. The van der Waals surface area contributed by atoms with Gasteiger partial charge in [-0.25, -0.2) is 0 Å². The maximum atomic E-state index is 12.0. The van der Waals surface area contributed by atoms with Crippen molar-refractivity contribution in [2.45, 2.75) is 39.7 Å². The third-order valence-corrected chi connectivity index (χ3v) is 3.28. The fourth-order valence-corrected chi connectivity index (χ4v) is 2.11. The molecule has 1 aliphatic rings. The van der Waals surface area contributed by atoms with Crippen LogP contribution in [0, 0.1) is 18.8 Å². The second kappa shape index (κ2) is 5.27. The summed E-state index contributed by atoms with van der Waals surface area (Å²) in [6, 6.07) is 7.65. The van der Waals surface area contributed by atoms with Gasteiger partial charge in [0.15, 0.2) is 0 Å². The highest BCUT2D eigenvalue weighted by atomic mass is 16.2. The van der Waals surface area contributed by atoms with Gasteiger partial charge in [-0.3, -0.25) is 9.59 Å². The first-order valence-electron chi connectivity index (χ1n) is 6.96. The van der Waals surface area contributed by atoms with Crippen LogP contribution in [0.15, 0.2) is 24.3 Å². The molecule has 4 nitrogen and oxygen atoms in total. The van der Waals surface area contributed by atoms with Gasteiger partial charge in [-0.2, -0.15) is 0 Å². The van der Waals surface area contributed by atoms with Crippen LogP contribution < -0.4 is 10.6 Å². The summed E-state index contributed by atoms with van der Waals surface area (Å²) in [6.45, 7) is 7.82. The topological polar surface area (TPSA) is 58.2 Å². The fourth-order valence-electron chi connectivity index (χ4n) is 2.11. The van der Waals surface area contributed by atoms with E-state index in [2.05, 4.69) is 10.6 Å². The molecule has 2 rings (SSSR count). The SMILES string of the molecule is Cc1ccc(NC(=O)C2CC2C(=O)NC(C)(C)C)cc1. The van der Waals surface area contributed by atoms with Crippen LogP contribution in [-0.2, 0) is 9.59 Å². The van der Waals surface area contributed by atoms with Gasteiger partial charge >= 0.3 is 0 Å². The van der Waals surface area contributed by atoms with Gasteiger partial charge in [0.05, 0.1) is 11.8 Å². The maximum Gasteiger partial charge on any atom is 0.228 e. The first-order valence-corrected chi connectivity index (χ1v) is 6.96. The van der Waals surface area contributed by atoms with Crippen molar-refractivity contribution in [3.05, 3.63) is 29.8 Å². The zero-order valence-corrected chi connectivity index (χ0v) is 12.5. The number of amides is 2. The van der Waals surface area contributed by atoms with Gasteiger partial charge in [0.2, 0.25) is 11.8 Å². The zero-order chi connectivity index (χ0) is 14.9. The summed E-state index contributed by atoms with van der Waals surface area (Å²) in [6.07, 6.45) is 0.639. The highest BCUT2D eigenvalue weighted by Gasteiger charge is 2.48. The van der Waals surface area contributed by atoms with Gasteiger partial charge in [-0.1, -0.05) is 17.7 Å². The molecule has 2 unspecified atom stereocenters. The minimum atomic E-state index is -0.252. The normalized spacial score (nSPS) is 21.2. The molecule has 0 aliphatic heterocycles. The molecule has 2 N–H and O–H groups in total. The van der Waals surface area contributed by atoms with Crippen LogP contribution in [-0.4, -0.2) is 17.4 Å². The van der Waals surface area contributed by atoms with E-state index in [1.165, 1.54) is 0 Å². The van der Waals surface area contributed by atoms with Crippen LogP contribution in [0.5, 0.6) is 0 Å². The molecule has 0 spiro atoms. The number of carbonyl (C=O) groups is 2. The summed E-state index contributed by atoms with van der Waals surface area (Å²) in [7, 11) is 0. The van der Waals surface area contributed by atoms with Gasteiger partial charge in [-0.05, 0) is 46.2 Å². The van der Waals surface area contributed by atoms with Gasteiger partial charge in [0, 0.05) is 11.2 Å². The number of hydrogen-bond acceptors (Lipinski definition) is 2. The largest absolute Gasteiger partial charge is 0.351 e. The first kappa shape index (κ1) is 14.6. The van der Waals surface area contributed by atoms with E-state index in [0.717, 1.165) is 11.3 Å². The quantitative estimate of drug-likeness (QED) is 0.889. The van der Waals surface area contributed by atoms with Gasteiger partial charge < -0.3 is 10.6 Å². The van der Waals surface area contributed by atoms with Crippen molar-refractivity contribution in [1.29, 1.82) is 0 Å². The first-order chi connectivity index (χ1) is 9.26. The number of benzene rings is 1. The minimum Gasteiger partial charge on any atom is -0.351 e. The molecule has 0 saturated heterocycles. The Bertz CT molecular complexity index is 514. The number of anilines is 1. The molecular weight excluding hydrogens is 252 g/mol. The summed E-state index contributed by atoms with van der Waals surface area (Å²) >= 11 is 0. The van der Waals surface area contributed by atoms with E-state index in [0.29, 0.717) is 6.42 Å². The van der Waals surface area contributed by atoms with E-state index in [-0.39, 0.29) is 29.2 Å². The molecule has 0 heterocycles. The van der Waals surface area contributed by atoms with E-state index in [4.69, 9.17) is 0 Å². The standard InChI is InChI=1S/C16H22N2O2/c1-10-5-7-11(8-6-10)17-14(19)12-9-13(12)15(20)18-16(2,3)4/h5-8,12-13H,9H2,1-4H3,(H,17,19)(H,18,20). The lowest BCUT2D eigenvalue weighted by Gasteiger charge is -2.20. The Balaban J connectivity index is 1.87. The van der Waals surface area contributed by atoms with Crippen molar-refractivity contribution in [3.63, 3.8) is 0 Å². The molecule has 20 heavy (non-hydrogen) atoms. The molecule has 0 aromatic heterocycles. The van der Waals surface area contributed by atoms with E-state index in [1.54, 1.807) is 0 Å². The Morgan fingerprint density at radius 1 is 1.05 bits per heavy atom. The molecule has 1 saturated carbocycles. The van der Waals surface area contributed by atoms with Crippen LogP contribution in [0.1, 0.15) is 32.8 Å². The number of hydrogen-bond donors (Lipinski definition) is 2. The Morgan fingerprint density at radius 2 is 1.60 bits per heavy atom. The molecule has 2 amide bonds. The molecule has 1 fully saturated rings. The van der Waals surface area contributed by atoms with Crippen molar-refractivity contribution >= 4 is 17.5 Å². The lowest BCUT2D eigenvalue weighted by atomic mass is 10.1. The molecule has 1 aliphatic carbocycles. The Hall–Kier alpha value is -1.84. The monoisotopic (exact) mass is 274 g/mol. The third-order valence-electron chi connectivity index (χ3n) is 3.28. The van der Waals surface area contributed by atoms with Gasteiger partial charge in [-0.15, -0.1) is 0 Å². The van der Waals surface area contributed by atoms with E-state index in [1.807, 2.05) is 52.0 Å². The summed E-state index contributed by atoms with van der Waals surface area (Å²) in [4.78, 5) is 24.0. The van der Waals surface area contributed by atoms with Crippen molar-refractivity contribution in [2.75, 3.05) is 5.32 Å². The lowest BCUT2D eigenvalue weighted by molar-refractivity contribution is -0.126. The molecule has 0 bridgehead atoms. The minimum absolute atomic E-state index is 0.0263. The Kier molecular flexibility index (Phi) is 3.84. The fraction of sp³-hybridized carbons (Fsp3) is 0.500. The van der Waals surface area contributed by atoms with Crippen molar-refractivity contribution in [1.82, 2.24) is 5.32 Å². The van der Waals surface area contributed by atoms with Crippen LogP contribution in [0.2, 0.25) is 0 Å². The zero-order valence-electron chi connectivity index (χ0n) is 12.5. The van der Waals surface area contributed by atoms with E-state index in [9.17, 15) is 9.59 Å². The molecule has 1 aromatic rings. The molecule has 0 radical (unpaired) electrons. The molecule has 4 heteroatoms. The molecular formula is C16H22N2O2. The number of rotatable bonds is 3. The van der Waals surface area contributed by atoms with Crippen LogP contribution >= 0.6 is 0 Å². The highest BCUT2D eigenvalue weighted by Crippen LogP contribution is 2.39. The summed E-state index contributed by atoms with van der Waals surface area (Å²) in [5.41, 5.74) is 1.68. The van der Waals surface area contributed by atoms with E-state index >= 15 is 0 Å². The third kappa shape index (κ3) is 3.83. The van der Waals surface area contributed by atoms with Gasteiger partial charge in [0.1, 0.15) is 0 Å². The maximum absolute atomic E-state index is 12.0. The average molecular weight is 274 g/mol. The predicted molar refractivity (Wildman–Crippen MR) is 79.3 cm³/mol. The van der Waals surface area contributed by atoms with Crippen molar-refractivity contribution < 1.29 is 9.59 Å². The average Bonchev–Trinajstić information content (AvgIpc) is 3.10. The second-order valence-electron chi connectivity index (χ2n) is 6.54. The number of carbonyl (C=O) groups excluding carboxylic acids is 2. The summed E-state index contributed by atoms with van der Waals surface area (Å²) in [5.74, 6) is -0.470. The lowest BCUT2D eigenvalue weighted by Crippen LogP contribution is -2.42. The summed E-state index contributed by atoms with van der Waals surface area (Å²) < 4.78 is 0. The van der Waals surface area contributed by atoms with E-state index < -0.39 is 0 Å². The highest BCUT2D eigenvalue weighted by molar-refractivity contribution is 5.99. The Labute approximate surface area is 119 Å². The molecule has 1 aromatic carbocycles. The van der Waals surface area contributed by atoms with Crippen LogP contribution in [0.25, 0.3) is 0 Å².